The van der Waals surface area contributed by atoms with Gasteiger partial charge < -0.3 is 10.5 Å². The Kier molecular flexibility index (Phi) is 3.97. The lowest BCUT2D eigenvalue weighted by Crippen LogP contribution is -2.24. The summed E-state index contributed by atoms with van der Waals surface area (Å²) in [6, 6.07) is 17.9. The summed E-state index contributed by atoms with van der Waals surface area (Å²) in [6.07, 6.45) is 0. The fourth-order valence-electron chi connectivity index (χ4n) is 1.77. The SMILES string of the molecule is Cc1cccc(/C(=N/O)NCc2ccccc2)c1. The summed E-state index contributed by atoms with van der Waals surface area (Å²) in [6.45, 7) is 2.64. The first kappa shape index (κ1) is 12.2. The second-order valence-electron chi connectivity index (χ2n) is 4.16. The van der Waals surface area contributed by atoms with Gasteiger partial charge in [0.25, 0.3) is 0 Å². The topological polar surface area (TPSA) is 44.6 Å². The molecule has 0 aliphatic carbocycles. The van der Waals surface area contributed by atoms with Crippen LogP contribution in [0.15, 0.2) is 59.8 Å². The Balaban J connectivity index is 2.07. The van der Waals surface area contributed by atoms with Crippen LogP contribution in [0.5, 0.6) is 0 Å². The number of nitrogens with one attached hydrogen (secondary N) is 1. The molecule has 2 N–H and O–H groups in total. The van der Waals surface area contributed by atoms with Crippen LogP contribution in [0, 0.1) is 6.92 Å². The molecule has 0 amide bonds. The van der Waals surface area contributed by atoms with Crippen molar-refractivity contribution < 1.29 is 5.21 Å². The van der Waals surface area contributed by atoms with Gasteiger partial charge >= 0.3 is 0 Å². The van der Waals surface area contributed by atoms with Crippen molar-refractivity contribution in [1.29, 1.82) is 0 Å². The average molecular weight is 240 g/mol. The summed E-state index contributed by atoms with van der Waals surface area (Å²) < 4.78 is 0. The molecule has 0 radical (unpaired) electrons. The van der Waals surface area contributed by atoms with E-state index in [-0.39, 0.29) is 0 Å². The first-order valence-corrected chi connectivity index (χ1v) is 5.86. The number of benzene rings is 2. The van der Waals surface area contributed by atoms with Crippen LogP contribution in [-0.2, 0) is 6.54 Å². The van der Waals surface area contributed by atoms with Gasteiger partial charge in [-0.15, -0.1) is 0 Å². The summed E-state index contributed by atoms with van der Waals surface area (Å²) >= 11 is 0. The highest BCUT2D eigenvalue weighted by atomic mass is 16.4. The van der Waals surface area contributed by atoms with E-state index in [1.165, 1.54) is 0 Å². The van der Waals surface area contributed by atoms with Crippen molar-refractivity contribution in [3.63, 3.8) is 0 Å². The maximum absolute atomic E-state index is 9.07. The standard InChI is InChI=1S/C15H16N2O/c1-12-6-5-9-14(10-12)15(17-18)16-11-13-7-3-2-4-8-13/h2-10,18H,11H2,1H3,(H,16,17). The monoisotopic (exact) mass is 240 g/mol. The molecule has 0 fully saturated rings. The zero-order chi connectivity index (χ0) is 12.8. The third-order valence-electron chi connectivity index (χ3n) is 2.69. The molecule has 0 unspecified atom stereocenters. The molecule has 0 aliphatic heterocycles. The van der Waals surface area contributed by atoms with E-state index in [9.17, 15) is 0 Å². The van der Waals surface area contributed by atoms with E-state index in [2.05, 4.69) is 10.5 Å². The van der Waals surface area contributed by atoms with E-state index in [1.807, 2.05) is 61.5 Å². The average Bonchev–Trinajstić information content (AvgIpc) is 2.41. The first-order valence-electron chi connectivity index (χ1n) is 5.86. The lowest BCUT2D eigenvalue weighted by Gasteiger charge is -2.09. The highest BCUT2D eigenvalue weighted by Crippen LogP contribution is 2.05. The van der Waals surface area contributed by atoms with Gasteiger partial charge in [-0.2, -0.15) is 0 Å². The number of oxime groups is 1. The normalized spacial score (nSPS) is 11.3. The number of amidine groups is 1. The fraction of sp³-hybridized carbons (Fsp3) is 0.133. The van der Waals surface area contributed by atoms with Gasteiger partial charge in [0.05, 0.1) is 0 Å². The van der Waals surface area contributed by atoms with Crippen molar-refractivity contribution >= 4 is 5.84 Å². The highest BCUT2D eigenvalue weighted by Gasteiger charge is 2.03. The van der Waals surface area contributed by atoms with E-state index in [1.54, 1.807) is 0 Å². The Morgan fingerprint density at radius 2 is 1.89 bits per heavy atom. The van der Waals surface area contributed by atoms with Crippen LogP contribution in [0.25, 0.3) is 0 Å². The molecule has 2 aromatic carbocycles. The minimum Gasteiger partial charge on any atom is -0.409 e. The molecule has 0 aliphatic rings. The van der Waals surface area contributed by atoms with Crippen molar-refractivity contribution in [1.82, 2.24) is 5.32 Å². The number of hydrogen-bond donors (Lipinski definition) is 2. The number of rotatable bonds is 3. The zero-order valence-corrected chi connectivity index (χ0v) is 10.3. The molecule has 3 heteroatoms. The molecule has 0 heterocycles. The van der Waals surface area contributed by atoms with Crippen LogP contribution < -0.4 is 5.32 Å². The van der Waals surface area contributed by atoms with Crippen molar-refractivity contribution in [2.24, 2.45) is 5.16 Å². The van der Waals surface area contributed by atoms with Gasteiger partial charge in [-0.05, 0) is 18.6 Å². The molecule has 92 valence electrons. The molecule has 0 saturated heterocycles. The van der Waals surface area contributed by atoms with Crippen molar-refractivity contribution in [3.8, 4) is 0 Å². The number of nitrogens with zero attached hydrogens (tertiary/aromatic N) is 1. The second kappa shape index (κ2) is 5.87. The first-order chi connectivity index (χ1) is 8.79. The smallest absolute Gasteiger partial charge is 0.172 e. The minimum atomic E-state index is 0.488. The predicted molar refractivity (Wildman–Crippen MR) is 72.8 cm³/mol. The maximum atomic E-state index is 9.07. The molecular formula is C15H16N2O. The molecule has 18 heavy (non-hydrogen) atoms. The fourth-order valence-corrected chi connectivity index (χ4v) is 1.77. The maximum Gasteiger partial charge on any atom is 0.172 e. The molecular weight excluding hydrogens is 224 g/mol. The zero-order valence-electron chi connectivity index (χ0n) is 10.3. The van der Waals surface area contributed by atoms with E-state index in [0.29, 0.717) is 12.4 Å². The van der Waals surface area contributed by atoms with Gasteiger partial charge in [-0.3, -0.25) is 0 Å². The molecule has 0 aromatic heterocycles. The van der Waals surface area contributed by atoms with Gasteiger partial charge in [-0.25, -0.2) is 0 Å². The van der Waals surface area contributed by atoms with Gasteiger partial charge in [0.15, 0.2) is 5.84 Å². The van der Waals surface area contributed by atoms with Crippen molar-refractivity contribution in [2.45, 2.75) is 13.5 Å². The quantitative estimate of drug-likeness (QED) is 0.375. The predicted octanol–water partition coefficient (Wildman–Crippen LogP) is 2.92. The third kappa shape index (κ3) is 3.10. The van der Waals surface area contributed by atoms with Crippen LogP contribution >= 0.6 is 0 Å². The Morgan fingerprint density at radius 1 is 1.11 bits per heavy atom. The minimum absolute atomic E-state index is 0.488. The molecule has 2 aromatic rings. The molecule has 0 bridgehead atoms. The summed E-state index contributed by atoms with van der Waals surface area (Å²) in [4.78, 5) is 0. The summed E-state index contributed by atoms with van der Waals surface area (Å²) in [5, 5.41) is 15.5. The Bertz CT molecular complexity index is 535. The van der Waals surface area contributed by atoms with Crippen molar-refractivity contribution in [2.75, 3.05) is 0 Å². The molecule has 0 atom stereocenters. The van der Waals surface area contributed by atoms with Crippen molar-refractivity contribution in [3.05, 3.63) is 71.3 Å². The highest BCUT2D eigenvalue weighted by molar-refractivity contribution is 5.98. The molecule has 3 nitrogen and oxygen atoms in total. The molecule has 2 rings (SSSR count). The Labute approximate surface area is 107 Å². The summed E-state index contributed by atoms with van der Waals surface area (Å²) in [7, 11) is 0. The molecule has 0 saturated carbocycles. The summed E-state index contributed by atoms with van der Waals surface area (Å²) in [5.41, 5.74) is 3.16. The number of aryl methyl sites for hydroxylation is 1. The van der Waals surface area contributed by atoms with E-state index >= 15 is 0 Å². The van der Waals surface area contributed by atoms with E-state index in [4.69, 9.17) is 5.21 Å². The van der Waals surface area contributed by atoms with Gasteiger partial charge in [-0.1, -0.05) is 59.3 Å². The van der Waals surface area contributed by atoms with Crippen LogP contribution in [-0.4, -0.2) is 11.0 Å². The molecule has 0 spiro atoms. The Morgan fingerprint density at radius 3 is 2.56 bits per heavy atom. The van der Waals surface area contributed by atoms with Crippen LogP contribution in [0.3, 0.4) is 0 Å². The largest absolute Gasteiger partial charge is 0.409 e. The number of hydrogen-bond acceptors (Lipinski definition) is 2. The van der Waals surface area contributed by atoms with Gasteiger partial charge in [0, 0.05) is 12.1 Å². The van der Waals surface area contributed by atoms with Gasteiger partial charge in [0.2, 0.25) is 0 Å². The lowest BCUT2D eigenvalue weighted by molar-refractivity contribution is 0.317. The van der Waals surface area contributed by atoms with Crippen LogP contribution in [0.1, 0.15) is 16.7 Å². The van der Waals surface area contributed by atoms with Crippen LogP contribution in [0.2, 0.25) is 0 Å². The Hall–Kier alpha value is -2.29. The lowest BCUT2D eigenvalue weighted by atomic mass is 10.1. The third-order valence-corrected chi connectivity index (χ3v) is 2.69. The summed E-state index contributed by atoms with van der Waals surface area (Å²) in [5.74, 6) is 0.488. The van der Waals surface area contributed by atoms with E-state index in [0.717, 1.165) is 16.7 Å². The van der Waals surface area contributed by atoms with E-state index < -0.39 is 0 Å². The van der Waals surface area contributed by atoms with Crippen LogP contribution in [0.4, 0.5) is 0 Å². The van der Waals surface area contributed by atoms with Gasteiger partial charge in [0.1, 0.15) is 0 Å². The second-order valence-corrected chi connectivity index (χ2v) is 4.16.